The van der Waals surface area contributed by atoms with Crippen molar-refractivity contribution in [3.8, 4) is 0 Å². The van der Waals surface area contributed by atoms with Crippen LogP contribution in [-0.4, -0.2) is 32.4 Å². The van der Waals surface area contributed by atoms with Crippen molar-refractivity contribution < 1.29 is 17.6 Å². The van der Waals surface area contributed by atoms with E-state index in [4.69, 9.17) is 5.73 Å². The monoisotopic (exact) mass is 288 g/mol. The molecule has 7 heteroatoms. The molecule has 0 aliphatic carbocycles. The molecule has 1 aromatic carbocycles. The second-order valence-electron chi connectivity index (χ2n) is 4.08. The van der Waals surface area contributed by atoms with Crippen LogP contribution in [0.15, 0.2) is 18.2 Å². The van der Waals surface area contributed by atoms with Crippen molar-refractivity contribution in [2.45, 2.75) is 13.5 Å². The molecule has 19 heavy (non-hydrogen) atoms. The second-order valence-corrected chi connectivity index (χ2v) is 6.56. The van der Waals surface area contributed by atoms with Gasteiger partial charge in [0.15, 0.2) is 9.84 Å². The van der Waals surface area contributed by atoms with Crippen LogP contribution >= 0.6 is 0 Å². The third-order valence-corrected chi connectivity index (χ3v) is 4.38. The number of carbonyl (C=O) groups is 1. The molecule has 0 fully saturated rings. The summed E-state index contributed by atoms with van der Waals surface area (Å²) in [6.45, 7) is 1.95. The van der Waals surface area contributed by atoms with E-state index in [2.05, 4.69) is 5.32 Å². The summed E-state index contributed by atoms with van der Waals surface area (Å²) in [7, 11) is -3.04. The number of carbonyl (C=O) groups excluding carboxylic acids is 1. The Hall–Kier alpha value is -1.47. The van der Waals surface area contributed by atoms with Gasteiger partial charge in [-0.05, 0) is 18.2 Å². The van der Waals surface area contributed by atoms with E-state index < -0.39 is 21.6 Å². The minimum absolute atomic E-state index is 0.000624. The van der Waals surface area contributed by atoms with Gasteiger partial charge < -0.3 is 11.1 Å². The number of rotatable bonds is 7. The zero-order valence-electron chi connectivity index (χ0n) is 10.6. The highest BCUT2D eigenvalue weighted by molar-refractivity contribution is 7.91. The lowest BCUT2D eigenvalue weighted by Crippen LogP contribution is -2.24. The van der Waals surface area contributed by atoms with Gasteiger partial charge in [-0.2, -0.15) is 0 Å². The standard InChI is InChI=1S/C12H17FN2O3S/c1-2-19(17,18)6-5-15-8-10-7-9(12(14)16)3-4-11(10)13/h3-4,7,15H,2,5-6,8H2,1H3,(H2,14,16). The SMILES string of the molecule is CCS(=O)(=O)CCNCc1cc(C(N)=O)ccc1F. The molecule has 0 unspecified atom stereocenters. The first-order chi connectivity index (χ1) is 8.85. The molecule has 1 aromatic rings. The maximum atomic E-state index is 13.5. The molecule has 0 saturated heterocycles. The van der Waals surface area contributed by atoms with E-state index in [1.54, 1.807) is 6.92 Å². The molecule has 1 rings (SSSR count). The summed E-state index contributed by atoms with van der Waals surface area (Å²) in [6.07, 6.45) is 0. The summed E-state index contributed by atoms with van der Waals surface area (Å²) in [6, 6.07) is 3.83. The van der Waals surface area contributed by atoms with Crippen LogP contribution in [0.4, 0.5) is 4.39 Å². The molecule has 3 N–H and O–H groups in total. The van der Waals surface area contributed by atoms with Crippen LogP contribution in [0.3, 0.4) is 0 Å². The van der Waals surface area contributed by atoms with Crippen molar-refractivity contribution in [3.63, 3.8) is 0 Å². The van der Waals surface area contributed by atoms with Crippen LogP contribution in [0.1, 0.15) is 22.8 Å². The lowest BCUT2D eigenvalue weighted by Gasteiger charge is -2.07. The molecule has 0 bridgehead atoms. The van der Waals surface area contributed by atoms with Crippen LogP contribution in [-0.2, 0) is 16.4 Å². The van der Waals surface area contributed by atoms with Gasteiger partial charge in [-0.1, -0.05) is 6.92 Å². The minimum atomic E-state index is -3.04. The van der Waals surface area contributed by atoms with Crippen LogP contribution in [0.5, 0.6) is 0 Å². The molecule has 106 valence electrons. The molecule has 0 aliphatic heterocycles. The lowest BCUT2D eigenvalue weighted by atomic mass is 10.1. The van der Waals surface area contributed by atoms with Crippen LogP contribution < -0.4 is 11.1 Å². The third kappa shape index (κ3) is 4.96. The summed E-state index contributed by atoms with van der Waals surface area (Å²) in [5.41, 5.74) is 5.61. The van der Waals surface area contributed by atoms with Crippen LogP contribution in [0.2, 0.25) is 0 Å². The Balaban J connectivity index is 2.58. The molecule has 5 nitrogen and oxygen atoms in total. The molecular formula is C12H17FN2O3S. The number of benzene rings is 1. The zero-order valence-corrected chi connectivity index (χ0v) is 11.5. The summed E-state index contributed by atoms with van der Waals surface area (Å²) in [5, 5.41) is 2.83. The number of hydrogen-bond acceptors (Lipinski definition) is 4. The molecule has 0 aromatic heterocycles. The summed E-state index contributed by atoms with van der Waals surface area (Å²) in [5.74, 6) is -1.01. The first-order valence-corrected chi connectivity index (χ1v) is 7.67. The van der Waals surface area contributed by atoms with Gasteiger partial charge >= 0.3 is 0 Å². The van der Waals surface area contributed by atoms with Crippen LogP contribution in [0.25, 0.3) is 0 Å². The number of primary amides is 1. The second kappa shape index (κ2) is 6.63. The fourth-order valence-corrected chi connectivity index (χ4v) is 2.20. The number of amides is 1. The first kappa shape index (κ1) is 15.6. The Morgan fingerprint density at radius 2 is 2.11 bits per heavy atom. The van der Waals surface area contributed by atoms with Gasteiger partial charge in [0, 0.05) is 30.0 Å². The van der Waals surface area contributed by atoms with E-state index in [-0.39, 0.29) is 35.7 Å². The predicted molar refractivity (Wildman–Crippen MR) is 71.0 cm³/mol. The average molecular weight is 288 g/mol. The van der Waals surface area contributed by atoms with Gasteiger partial charge in [-0.25, -0.2) is 12.8 Å². The van der Waals surface area contributed by atoms with E-state index in [1.165, 1.54) is 18.2 Å². The molecule has 0 radical (unpaired) electrons. The Labute approximate surface area is 111 Å². The van der Waals surface area contributed by atoms with E-state index in [0.29, 0.717) is 0 Å². The van der Waals surface area contributed by atoms with Crippen molar-refractivity contribution in [2.24, 2.45) is 5.73 Å². The maximum absolute atomic E-state index is 13.5. The Bertz CT molecular complexity index is 558. The van der Waals surface area contributed by atoms with Crippen molar-refractivity contribution in [1.82, 2.24) is 5.32 Å². The largest absolute Gasteiger partial charge is 0.366 e. The lowest BCUT2D eigenvalue weighted by molar-refractivity contribution is 0.1000. The fraction of sp³-hybridized carbons (Fsp3) is 0.417. The van der Waals surface area contributed by atoms with E-state index in [0.717, 1.165) is 0 Å². The van der Waals surface area contributed by atoms with Crippen molar-refractivity contribution in [2.75, 3.05) is 18.1 Å². The average Bonchev–Trinajstić information content (AvgIpc) is 2.36. The first-order valence-electron chi connectivity index (χ1n) is 5.85. The summed E-state index contributed by atoms with van der Waals surface area (Å²) < 4.78 is 35.9. The molecule has 1 amide bonds. The Kier molecular flexibility index (Phi) is 5.44. The van der Waals surface area contributed by atoms with E-state index in [9.17, 15) is 17.6 Å². The molecule has 0 spiro atoms. The van der Waals surface area contributed by atoms with E-state index in [1.807, 2.05) is 0 Å². The molecule has 0 atom stereocenters. The number of hydrogen-bond donors (Lipinski definition) is 2. The summed E-state index contributed by atoms with van der Waals surface area (Å²) >= 11 is 0. The van der Waals surface area contributed by atoms with E-state index >= 15 is 0 Å². The maximum Gasteiger partial charge on any atom is 0.248 e. The number of nitrogens with two attached hydrogens (primary N) is 1. The van der Waals surface area contributed by atoms with Crippen LogP contribution in [0, 0.1) is 5.82 Å². The van der Waals surface area contributed by atoms with Gasteiger partial charge in [0.25, 0.3) is 0 Å². The third-order valence-electron chi connectivity index (χ3n) is 2.68. The predicted octanol–water partition coefficient (Wildman–Crippen LogP) is 0.449. The fourth-order valence-electron chi connectivity index (χ4n) is 1.46. The molecular weight excluding hydrogens is 271 g/mol. The highest BCUT2D eigenvalue weighted by atomic mass is 32.2. The molecule has 0 aliphatic rings. The highest BCUT2D eigenvalue weighted by Crippen LogP contribution is 2.10. The summed E-state index contributed by atoms with van der Waals surface area (Å²) in [4.78, 5) is 11.0. The van der Waals surface area contributed by atoms with Gasteiger partial charge in [0.05, 0.1) is 5.75 Å². The number of halogens is 1. The smallest absolute Gasteiger partial charge is 0.248 e. The number of sulfone groups is 1. The quantitative estimate of drug-likeness (QED) is 0.713. The van der Waals surface area contributed by atoms with Gasteiger partial charge in [0.2, 0.25) is 5.91 Å². The van der Waals surface area contributed by atoms with Gasteiger partial charge in [-0.15, -0.1) is 0 Å². The molecule has 0 heterocycles. The van der Waals surface area contributed by atoms with Crippen molar-refractivity contribution >= 4 is 15.7 Å². The Morgan fingerprint density at radius 1 is 1.42 bits per heavy atom. The topological polar surface area (TPSA) is 89.3 Å². The Morgan fingerprint density at radius 3 is 2.68 bits per heavy atom. The van der Waals surface area contributed by atoms with Crippen molar-refractivity contribution in [1.29, 1.82) is 0 Å². The minimum Gasteiger partial charge on any atom is -0.366 e. The van der Waals surface area contributed by atoms with Gasteiger partial charge in [-0.3, -0.25) is 4.79 Å². The highest BCUT2D eigenvalue weighted by Gasteiger charge is 2.09. The zero-order chi connectivity index (χ0) is 14.5. The van der Waals surface area contributed by atoms with Gasteiger partial charge in [0.1, 0.15) is 5.82 Å². The number of nitrogens with one attached hydrogen (secondary N) is 1. The molecule has 0 saturated carbocycles. The normalized spacial score (nSPS) is 11.5. The van der Waals surface area contributed by atoms with Crippen molar-refractivity contribution in [3.05, 3.63) is 35.1 Å².